The van der Waals surface area contributed by atoms with Crippen LogP contribution in [0.3, 0.4) is 0 Å². The molecule has 1 N–H and O–H groups in total. The van der Waals surface area contributed by atoms with E-state index in [1.54, 1.807) is 25.1 Å². The van der Waals surface area contributed by atoms with Crippen molar-refractivity contribution in [1.82, 2.24) is 4.57 Å². The van der Waals surface area contributed by atoms with Gasteiger partial charge in [0, 0.05) is 17.2 Å². The molecular formula is C33H23ClN2O6S. The Balaban J connectivity index is 1.53. The van der Waals surface area contributed by atoms with Crippen molar-refractivity contribution in [2.24, 2.45) is 4.99 Å². The quantitative estimate of drug-likeness (QED) is 0.242. The summed E-state index contributed by atoms with van der Waals surface area (Å²) in [6.07, 6.45) is 1.60. The summed E-state index contributed by atoms with van der Waals surface area (Å²) in [6, 6.07) is 25.5. The molecule has 0 aliphatic carbocycles. The summed E-state index contributed by atoms with van der Waals surface area (Å²) in [5, 5.41) is 9.71. The fraction of sp³-hybridized carbons (Fsp3) is 0.0909. The molecule has 3 aromatic carbocycles. The number of aromatic nitrogens is 1. The average molecular weight is 611 g/mol. The molecule has 10 heteroatoms. The van der Waals surface area contributed by atoms with E-state index < -0.39 is 18.0 Å². The predicted molar refractivity (Wildman–Crippen MR) is 164 cm³/mol. The molecule has 214 valence electrons. The van der Waals surface area contributed by atoms with E-state index in [9.17, 15) is 19.5 Å². The summed E-state index contributed by atoms with van der Waals surface area (Å²) in [7, 11) is 0. The topological polar surface area (TPSA) is 111 Å². The number of nitrogens with zero attached hydrogens (tertiary/aromatic N) is 2. The van der Waals surface area contributed by atoms with Crippen LogP contribution in [-0.2, 0) is 9.53 Å². The van der Waals surface area contributed by atoms with Crippen LogP contribution < -0.4 is 14.9 Å². The standard InChI is InChI=1S/C33H23ClN2O6S/c1-2-41-32(40)27-28(19-9-5-3-6-10-19)35-33-36(29(27)20-11-7-4-8-12-20)30(37)26(43-33)18-22-14-16-25(42-22)23-17-21(31(38)39)13-15-24(23)34/h3-18,29H,2H2,1H3,(H,38,39)/b26-18-/t29-/m1/s1. The van der Waals surface area contributed by atoms with Crippen molar-refractivity contribution in [2.45, 2.75) is 13.0 Å². The fourth-order valence-electron chi connectivity index (χ4n) is 4.94. The number of rotatable bonds is 7. The van der Waals surface area contributed by atoms with Gasteiger partial charge < -0.3 is 14.3 Å². The minimum Gasteiger partial charge on any atom is -0.478 e. The molecule has 0 saturated carbocycles. The Kier molecular flexibility index (Phi) is 7.67. The van der Waals surface area contributed by atoms with Gasteiger partial charge in [0.05, 0.1) is 39.0 Å². The summed E-state index contributed by atoms with van der Waals surface area (Å²) >= 11 is 7.50. The van der Waals surface area contributed by atoms with Crippen molar-refractivity contribution in [3.05, 3.63) is 144 Å². The van der Waals surface area contributed by atoms with Crippen molar-refractivity contribution in [3.63, 3.8) is 0 Å². The van der Waals surface area contributed by atoms with Gasteiger partial charge in [0.15, 0.2) is 4.80 Å². The van der Waals surface area contributed by atoms with Gasteiger partial charge in [-0.15, -0.1) is 0 Å². The van der Waals surface area contributed by atoms with E-state index in [1.165, 1.54) is 34.1 Å². The number of aromatic carboxylic acids is 1. The minimum absolute atomic E-state index is 0.0678. The van der Waals surface area contributed by atoms with Gasteiger partial charge in [-0.3, -0.25) is 9.36 Å². The zero-order valence-electron chi connectivity index (χ0n) is 22.7. The molecule has 5 aromatic rings. The van der Waals surface area contributed by atoms with Crippen molar-refractivity contribution in [3.8, 4) is 11.3 Å². The second-order valence-corrected chi connectivity index (χ2v) is 11.0. The summed E-state index contributed by atoms with van der Waals surface area (Å²) in [4.78, 5) is 44.2. The van der Waals surface area contributed by atoms with Crippen LogP contribution in [0.2, 0.25) is 5.02 Å². The molecule has 1 atom stereocenters. The van der Waals surface area contributed by atoms with Crippen LogP contribution in [0.25, 0.3) is 23.1 Å². The maximum atomic E-state index is 14.0. The van der Waals surface area contributed by atoms with Crippen LogP contribution in [0.4, 0.5) is 0 Å². The van der Waals surface area contributed by atoms with Crippen LogP contribution in [0.1, 0.15) is 40.2 Å². The molecule has 0 unspecified atom stereocenters. The summed E-state index contributed by atoms with van der Waals surface area (Å²) < 4.78 is 13.3. The molecule has 0 spiro atoms. The van der Waals surface area contributed by atoms with Crippen molar-refractivity contribution < 1.29 is 23.8 Å². The first-order chi connectivity index (χ1) is 20.9. The van der Waals surface area contributed by atoms with Gasteiger partial charge in [-0.05, 0) is 42.8 Å². The number of carbonyl (C=O) groups excluding carboxylic acids is 1. The lowest BCUT2D eigenvalue weighted by molar-refractivity contribution is -0.138. The molecule has 0 fully saturated rings. The van der Waals surface area contributed by atoms with Gasteiger partial charge in [-0.25, -0.2) is 14.6 Å². The minimum atomic E-state index is -1.09. The van der Waals surface area contributed by atoms with Crippen molar-refractivity contribution in [1.29, 1.82) is 0 Å². The first kappa shape index (κ1) is 28.1. The monoisotopic (exact) mass is 610 g/mol. The van der Waals surface area contributed by atoms with Gasteiger partial charge in [-0.2, -0.15) is 0 Å². The van der Waals surface area contributed by atoms with E-state index >= 15 is 0 Å². The van der Waals surface area contributed by atoms with Gasteiger partial charge in [-0.1, -0.05) is 83.6 Å². The maximum absolute atomic E-state index is 14.0. The molecule has 43 heavy (non-hydrogen) atoms. The Labute approximate surface area is 254 Å². The third kappa shape index (κ3) is 5.36. The number of carboxylic acids is 1. The highest BCUT2D eigenvalue weighted by Crippen LogP contribution is 2.35. The summed E-state index contributed by atoms with van der Waals surface area (Å²) in [6.45, 7) is 1.90. The number of ether oxygens (including phenoxy) is 1. The zero-order chi connectivity index (χ0) is 30.1. The van der Waals surface area contributed by atoms with Crippen LogP contribution in [-0.4, -0.2) is 28.2 Å². The highest BCUT2D eigenvalue weighted by atomic mass is 35.5. The Morgan fingerprint density at radius 1 is 1.05 bits per heavy atom. The number of benzene rings is 3. The lowest BCUT2D eigenvalue weighted by Crippen LogP contribution is -2.39. The van der Waals surface area contributed by atoms with Gasteiger partial charge >= 0.3 is 11.9 Å². The van der Waals surface area contributed by atoms with Gasteiger partial charge in [0.1, 0.15) is 11.5 Å². The highest BCUT2D eigenvalue weighted by Gasteiger charge is 2.35. The molecular weight excluding hydrogens is 588 g/mol. The second-order valence-electron chi connectivity index (χ2n) is 9.54. The van der Waals surface area contributed by atoms with Crippen molar-refractivity contribution >= 4 is 46.6 Å². The van der Waals surface area contributed by atoms with Crippen LogP contribution in [0.15, 0.2) is 111 Å². The number of esters is 1. The largest absolute Gasteiger partial charge is 0.478 e. The number of thiazole rings is 1. The molecule has 6 rings (SSSR count). The number of hydrogen-bond acceptors (Lipinski definition) is 7. The van der Waals surface area contributed by atoms with Crippen LogP contribution in [0.5, 0.6) is 0 Å². The van der Waals surface area contributed by atoms with Gasteiger partial charge in [0.2, 0.25) is 0 Å². The lowest BCUT2D eigenvalue weighted by Gasteiger charge is -2.25. The summed E-state index contributed by atoms with van der Waals surface area (Å²) in [5.41, 5.74) is 2.29. The van der Waals surface area contributed by atoms with Crippen molar-refractivity contribution in [2.75, 3.05) is 6.61 Å². The number of carboxylic acid groups (broad SMARTS) is 1. The molecule has 3 heterocycles. The Morgan fingerprint density at radius 2 is 1.77 bits per heavy atom. The molecule has 1 aliphatic rings. The molecule has 1 aliphatic heterocycles. The molecule has 0 amide bonds. The number of carbonyl (C=O) groups is 2. The fourth-order valence-corrected chi connectivity index (χ4v) is 6.13. The van der Waals surface area contributed by atoms with Gasteiger partial charge in [0.25, 0.3) is 5.56 Å². The third-order valence-electron chi connectivity index (χ3n) is 6.87. The predicted octanol–water partition coefficient (Wildman–Crippen LogP) is 5.55. The average Bonchev–Trinajstić information content (AvgIpc) is 3.61. The van der Waals surface area contributed by atoms with E-state index in [1.807, 2.05) is 60.7 Å². The smallest absolute Gasteiger partial charge is 0.338 e. The number of hydrogen-bond donors (Lipinski definition) is 1. The van der Waals surface area contributed by atoms with E-state index in [-0.39, 0.29) is 23.3 Å². The second kappa shape index (κ2) is 11.7. The Morgan fingerprint density at radius 3 is 2.47 bits per heavy atom. The van der Waals surface area contributed by atoms with Crippen LogP contribution in [0, 0.1) is 0 Å². The van der Waals surface area contributed by atoms with E-state index in [2.05, 4.69) is 0 Å². The van der Waals surface area contributed by atoms with E-state index in [0.717, 1.165) is 11.1 Å². The number of fused-ring (bicyclic) bond motifs is 1. The molecule has 8 nitrogen and oxygen atoms in total. The Bertz CT molecular complexity index is 2080. The summed E-state index contributed by atoms with van der Waals surface area (Å²) in [5.74, 6) is -0.924. The van der Waals surface area contributed by atoms with E-state index in [4.69, 9.17) is 25.7 Å². The molecule has 0 bridgehead atoms. The molecule has 0 radical (unpaired) electrons. The lowest BCUT2D eigenvalue weighted by atomic mass is 9.93. The first-order valence-electron chi connectivity index (χ1n) is 13.3. The van der Waals surface area contributed by atoms with Crippen LogP contribution >= 0.6 is 22.9 Å². The number of halogens is 1. The first-order valence-corrected chi connectivity index (χ1v) is 14.5. The highest BCUT2D eigenvalue weighted by molar-refractivity contribution is 7.07. The normalized spacial score (nSPS) is 14.7. The SMILES string of the molecule is CCOC(=O)C1=C(c2ccccc2)N=c2s/c(=C\c3ccc(-c4cc(C(=O)O)ccc4Cl)o3)c(=O)n2[C@@H]1c1ccccc1. The molecule has 2 aromatic heterocycles. The maximum Gasteiger partial charge on any atom is 0.338 e. The zero-order valence-corrected chi connectivity index (χ0v) is 24.3. The number of furan rings is 1. The van der Waals surface area contributed by atoms with E-state index in [0.29, 0.717) is 37.1 Å². The molecule has 0 saturated heterocycles. The third-order valence-corrected chi connectivity index (χ3v) is 8.18. The Hall–Kier alpha value is -4.99.